The maximum Gasteiger partial charge on any atom is 0.329 e. The van der Waals surface area contributed by atoms with E-state index in [0.717, 1.165) is 91.9 Å². The fourth-order valence-corrected chi connectivity index (χ4v) is 9.71. The molecule has 4 aliphatic rings. The van der Waals surface area contributed by atoms with Crippen molar-refractivity contribution in [3.63, 3.8) is 0 Å². The maximum atomic E-state index is 15.8. The van der Waals surface area contributed by atoms with Crippen LogP contribution in [-0.2, 0) is 18.9 Å². The minimum Gasteiger partial charge on any atom is -0.371 e. The largest absolute Gasteiger partial charge is 0.371 e. The molecule has 3 amide bonds. The number of halogens is 2. The fourth-order valence-electron chi connectivity index (χ4n) is 9.71. The van der Waals surface area contributed by atoms with Crippen molar-refractivity contribution in [3.8, 4) is 6.07 Å². The fraction of sp³-hybridized carbons (Fsp3) is 0.432. The number of urea groups is 1. The Hall–Kier alpha value is -6.01. The second kappa shape index (κ2) is 15.0. The molecule has 0 radical (unpaired) electrons. The lowest BCUT2D eigenvalue weighted by molar-refractivity contribution is -0.120. The topological polar surface area (TPSA) is 126 Å². The van der Waals surface area contributed by atoms with Gasteiger partial charge in [-0.2, -0.15) is 10.4 Å². The van der Waals surface area contributed by atoms with Gasteiger partial charge < -0.3 is 24.2 Å². The number of hydrogen-bond donors (Lipinski definition) is 1. The van der Waals surface area contributed by atoms with E-state index in [1.165, 1.54) is 22.6 Å². The minimum atomic E-state index is -0.549. The molecule has 3 fully saturated rings. The number of rotatable bonds is 6. The molecule has 0 spiro atoms. The Kier molecular flexibility index (Phi) is 9.78. The van der Waals surface area contributed by atoms with E-state index in [9.17, 15) is 24.0 Å². The number of piperidine rings is 2. The van der Waals surface area contributed by atoms with Crippen molar-refractivity contribution in [1.82, 2.24) is 24.6 Å². The third-order valence-electron chi connectivity index (χ3n) is 13.1. The zero-order valence-corrected chi connectivity index (χ0v) is 33.9. The molecule has 5 aromatic rings. The van der Waals surface area contributed by atoms with Crippen LogP contribution in [0.5, 0.6) is 0 Å². The van der Waals surface area contributed by atoms with Crippen LogP contribution < -0.4 is 30.5 Å². The normalized spacial score (nSPS) is 18.5. The second-order valence-corrected chi connectivity index (χ2v) is 16.7. The van der Waals surface area contributed by atoms with E-state index >= 15 is 4.39 Å². The standard InChI is InChI=1S/C44H48F2N10O3/c1-26-17-31-35(51(3)43(26)58)18-29(19-37(31)55-16-15-50(2)39-22-33(45)30(24-47)20-40(39)55)28-7-10-53(11-8-28)25-27-5-12-54(13-6-27)38-23-36-32(21-34(38)46)42(49-52(36)4)56-14-9-41(57)48-44(56)59/h17-23,27-28H,5-16,25H2,1-4H3,(H,48,57,59). The molecule has 9 rings (SSSR count). The molecule has 59 heavy (non-hydrogen) atoms. The van der Waals surface area contributed by atoms with Gasteiger partial charge in [-0.05, 0) is 99.5 Å². The third kappa shape index (κ3) is 6.82. The Morgan fingerprint density at radius 1 is 0.763 bits per heavy atom. The molecule has 2 aromatic heterocycles. The van der Waals surface area contributed by atoms with Crippen LogP contribution in [0.3, 0.4) is 0 Å². The van der Waals surface area contributed by atoms with Crippen LogP contribution >= 0.6 is 0 Å². The SMILES string of the molecule is Cc1cc2c(N3CCN(C)c4cc(F)c(C#N)cc43)cc(C3CCN(CC4CCN(c5cc6c(cc5F)c(N5CCC(=O)NC5=O)nn6C)CC4)CC3)cc2n(C)c1=O. The molecule has 15 heteroatoms. The molecule has 4 aliphatic heterocycles. The van der Waals surface area contributed by atoms with E-state index in [2.05, 4.69) is 37.2 Å². The number of nitrogens with zero attached hydrogens (tertiary/aromatic N) is 9. The molecule has 306 valence electrons. The summed E-state index contributed by atoms with van der Waals surface area (Å²) in [5.74, 6) is -0.0994. The van der Waals surface area contributed by atoms with E-state index in [1.807, 2.05) is 44.1 Å². The average molecular weight is 803 g/mol. The van der Waals surface area contributed by atoms with Crippen molar-refractivity contribution in [2.45, 2.75) is 44.9 Å². The van der Waals surface area contributed by atoms with Crippen molar-refractivity contribution in [2.75, 3.05) is 79.0 Å². The number of carbonyl (C=O) groups is 2. The van der Waals surface area contributed by atoms with Crippen LogP contribution in [0.25, 0.3) is 21.8 Å². The van der Waals surface area contributed by atoms with Gasteiger partial charge in [0.25, 0.3) is 5.56 Å². The number of amides is 3. The van der Waals surface area contributed by atoms with Gasteiger partial charge in [-0.3, -0.25) is 24.5 Å². The number of pyridine rings is 1. The molecule has 0 unspecified atom stereocenters. The van der Waals surface area contributed by atoms with E-state index < -0.39 is 11.8 Å². The molecule has 13 nitrogen and oxygen atoms in total. The summed E-state index contributed by atoms with van der Waals surface area (Å²) < 4.78 is 34.0. The average Bonchev–Trinajstić information content (AvgIpc) is 3.54. The highest BCUT2D eigenvalue weighted by Crippen LogP contribution is 2.44. The van der Waals surface area contributed by atoms with Crippen molar-refractivity contribution in [1.29, 1.82) is 5.26 Å². The summed E-state index contributed by atoms with van der Waals surface area (Å²) in [4.78, 5) is 47.7. The first-order valence-electron chi connectivity index (χ1n) is 20.5. The zero-order chi connectivity index (χ0) is 41.3. The van der Waals surface area contributed by atoms with Crippen molar-refractivity contribution in [2.24, 2.45) is 20.0 Å². The lowest BCUT2D eigenvalue weighted by Crippen LogP contribution is -2.49. The first-order valence-corrected chi connectivity index (χ1v) is 20.5. The van der Waals surface area contributed by atoms with Gasteiger partial charge in [-0.15, -0.1) is 0 Å². The number of imide groups is 1. The smallest absolute Gasteiger partial charge is 0.329 e. The number of likely N-dealkylation sites (N-methyl/N-ethyl adjacent to an activating group) is 1. The Balaban J connectivity index is 0.889. The molecule has 0 saturated carbocycles. The van der Waals surface area contributed by atoms with Crippen molar-refractivity contribution in [3.05, 3.63) is 81.1 Å². The lowest BCUT2D eigenvalue weighted by Gasteiger charge is -2.39. The summed E-state index contributed by atoms with van der Waals surface area (Å²) >= 11 is 0. The Labute approximate surface area is 341 Å². The van der Waals surface area contributed by atoms with Crippen LogP contribution in [0.15, 0.2) is 47.3 Å². The number of aromatic nitrogens is 3. The number of aryl methyl sites for hydroxylation is 3. The van der Waals surface area contributed by atoms with Crippen molar-refractivity contribution >= 4 is 62.3 Å². The molecular formula is C44H48F2N10O3. The van der Waals surface area contributed by atoms with Gasteiger partial charge in [0, 0.05) is 89.2 Å². The predicted molar refractivity (Wildman–Crippen MR) is 225 cm³/mol. The number of carbonyl (C=O) groups excluding carboxylic acids is 2. The number of nitriles is 1. The molecular weight excluding hydrogens is 755 g/mol. The highest BCUT2D eigenvalue weighted by Gasteiger charge is 2.32. The van der Waals surface area contributed by atoms with Crippen LogP contribution in [0, 0.1) is 35.8 Å². The van der Waals surface area contributed by atoms with Crippen LogP contribution in [0.1, 0.15) is 54.7 Å². The van der Waals surface area contributed by atoms with Gasteiger partial charge in [0.15, 0.2) is 5.82 Å². The number of hydrogen-bond acceptors (Lipinski definition) is 9. The molecule has 3 aromatic carbocycles. The Morgan fingerprint density at radius 3 is 2.25 bits per heavy atom. The highest BCUT2D eigenvalue weighted by molar-refractivity contribution is 6.09. The van der Waals surface area contributed by atoms with Gasteiger partial charge in [0.1, 0.15) is 17.7 Å². The lowest BCUT2D eigenvalue weighted by atomic mass is 9.87. The van der Waals surface area contributed by atoms with E-state index in [4.69, 9.17) is 0 Å². The van der Waals surface area contributed by atoms with Gasteiger partial charge in [-0.1, -0.05) is 0 Å². The maximum absolute atomic E-state index is 15.8. The molecule has 1 N–H and O–H groups in total. The van der Waals surface area contributed by atoms with Crippen LogP contribution in [0.2, 0.25) is 0 Å². The van der Waals surface area contributed by atoms with Gasteiger partial charge in [-0.25, -0.2) is 13.6 Å². The van der Waals surface area contributed by atoms with Gasteiger partial charge >= 0.3 is 6.03 Å². The first-order chi connectivity index (χ1) is 28.4. The van der Waals surface area contributed by atoms with Gasteiger partial charge in [0.05, 0.1) is 39.3 Å². The summed E-state index contributed by atoms with van der Waals surface area (Å²) in [7, 11) is 5.54. The number of fused-ring (bicyclic) bond motifs is 3. The summed E-state index contributed by atoms with van der Waals surface area (Å²) in [6, 6.07) is 14.2. The summed E-state index contributed by atoms with van der Waals surface area (Å²) in [5, 5.41) is 18.0. The highest BCUT2D eigenvalue weighted by atomic mass is 19.1. The van der Waals surface area contributed by atoms with E-state index in [0.29, 0.717) is 47.4 Å². The number of likely N-dealkylation sites (tertiary alicyclic amines) is 1. The van der Waals surface area contributed by atoms with Crippen LogP contribution in [0.4, 0.5) is 42.1 Å². The molecule has 3 saturated heterocycles. The summed E-state index contributed by atoms with van der Waals surface area (Å²) in [6.07, 6.45) is 4.00. The molecule has 6 heterocycles. The van der Waals surface area contributed by atoms with Crippen molar-refractivity contribution < 1.29 is 18.4 Å². The Morgan fingerprint density at radius 2 is 1.53 bits per heavy atom. The predicted octanol–water partition coefficient (Wildman–Crippen LogP) is 6.01. The quantitative estimate of drug-likeness (QED) is 0.220. The summed E-state index contributed by atoms with van der Waals surface area (Å²) in [6.45, 7) is 7.70. The molecule has 0 bridgehead atoms. The first kappa shape index (κ1) is 38.5. The molecule has 0 aliphatic carbocycles. The van der Waals surface area contributed by atoms with E-state index in [1.54, 1.807) is 22.4 Å². The van der Waals surface area contributed by atoms with Crippen LogP contribution in [-0.4, -0.2) is 90.6 Å². The summed E-state index contributed by atoms with van der Waals surface area (Å²) in [5.41, 5.74) is 6.37. The van der Waals surface area contributed by atoms with E-state index in [-0.39, 0.29) is 35.8 Å². The minimum absolute atomic E-state index is 0.00473. The molecule has 0 atom stereocenters. The number of benzene rings is 3. The number of anilines is 5. The monoisotopic (exact) mass is 802 g/mol. The second-order valence-electron chi connectivity index (χ2n) is 16.7. The number of nitrogens with one attached hydrogen (secondary N) is 1. The van der Waals surface area contributed by atoms with Gasteiger partial charge in [0.2, 0.25) is 5.91 Å². The Bertz CT molecular complexity index is 2630. The third-order valence-corrected chi connectivity index (χ3v) is 13.1. The zero-order valence-electron chi connectivity index (χ0n) is 33.9.